The predicted octanol–water partition coefficient (Wildman–Crippen LogP) is -0.766. The zero-order valence-electron chi connectivity index (χ0n) is 10.5. The van der Waals surface area contributed by atoms with Gasteiger partial charge in [0, 0.05) is 21.9 Å². The number of hydrogen-bond donors (Lipinski definition) is 4. The minimum Gasteiger partial charge on any atom is -0.363 e. The first-order valence-electron chi connectivity index (χ1n) is 6.23. The van der Waals surface area contributed by atoms with Crippen LogP contribution in [0.4, 0.5) is 5.82 Å². The number of anilines is 1. The Morgan fingerprint density at radius 3 is 3.21 bits per heavy atom. The van der Waals surface area contributed by atoms with Gasteiger partial charge in [0.05, 0.1) is 25.7 Å². The Hall–Kier alpha value is -0.760. The average Bonchev–Trinajstić information content (AvgIpc) is 2.95. The lowest BCUT2D eigenvalue weighted by Crippen LogP contribution is -2.38. The van der Waals surface area contributed by atoms with Gasteiger partial charge in [0.2, 0.25) is 0 Å². The fourth-order valence-electron chi connectivity index (χ4n) is 2.52. The lowest BCUT2D eigenvalue weighted by molar-refractivity contribution is -0.0164. The summed E-state index contributed by atoms with van der Waals surface area (Å²) in [5.74, 6) is 0.899. The van der Waals surface area contributed by atoms with Crippen molar-refractivity contribution in [1.29, 1.82) is 0 Å². The Bertz CT molecular complexity index is 455. The van der Waals surface area contributed by atoms with Crippen LogP contribution in [0.5, 0.6) is 0 Å². The molecule has 5 atom stereocenters. The summed E-state index contributed by atoms with van der Waals surface area (Å²) < 4.78 is 12.9. The van der Waals surface area contributed by atoms with Crippen molar-refractivity contribution in [2.24, 2.45) is 11.5 Å². The quantitative estimate of drug-likeness (QED) is 0.540. The molecule has 0 saturated carbocycles. The number of hydrogen-bond acceptors (Lipinski definition) is 7. The molecule has 2 aliphatic rings. The van der Waals surface area contributed by atoms with Crippen LogP contribution >= 0.6 is 9.47 Å². The van der Waals surface area contributed by atoms with Gasteiger partial charge in [-0.25, -0.2) is 4.98 Å². The second kappa shape index (κ2) is 5.32. The van der Waals surface area contributed by atoms with Gasteiger partial charge in [-0.2, -0.15) is 0 Å². The lowest BCUT2D eigenvalue weighted by Gasteiger charge is -2.24. The van der Waals surface area contributed by atoms with Crippen molar-refractivity contribution in [3.05, 3.63) is 12.0 Å². The number of nitrogens with zero attached hydrogens (tertiary/aromatic N) is 2. The Kier molecular flexibility index (Phi) is 3.70. The maximum atomic E-state index is 6.06. The molecule has 6 N–H and O–H groups in total. The molecule has 2 aliphatic heterocycles. The largest absolute Gasteiger partial charge is 0.363 e. The molecule has 0 aliphatic carbocycles. The normalized spacial score (nSPS) is 34.1. The summed E-state index contributed by atoms with van der Waals surface area (Å²) in [5, 5.41) is 6.32. The SMILES string of the molecule is NC1NCNc2c1ncn2[C@H]1CC(N)[C@@H](COP)O1. The van der Waals surface area contributed by atoms with Crippen LogP contribution in [0.25, 0.3) is 0 Å². The van der Waals surface area contributed by atoms with E-state index in [1.54, 1.807) is 6.33 Å². The molecule has 1 aromatic rings. The van der Waals surface area contributed by atoms with Gasteiger partial charge in [-0.3, -0.25) is 9.88 Å². The van der Waals surface area contributed by atoms with Gasteiger partial charge in [0.25, 0.3) is 0 Å². The van der Waals surface area contributed by atoms with E-state index in [0.717, 1.165) is 17.9 Å². The fourth-order valence-corrected chi connectivity index (χ4v) is 2.71. The highest BCUT2D eigenvalue weighted by Gasteiger charge is 2.36. The molecule has 1 aromatic heterocycles. The molecular weight excluding hydrogens is 267 g/mol. The summed E-state index contributed by atoms with van der Waals surface area (Å²) in [5.41, 5.74) is 12.8. The molecule has 9 heteroatoms. The summed E-state index contributed by atoms with van der Waals surface area (Å²) >= 11 is 0. The molecular formula is C10H19N6O2P. The molecule has 0 aromatic carbocycles. The number of rotatable bonds is 3. The minimum absolute atomic E-state index is 0.0426. The van der Waals surface area contributed by atoms with E-state index in [9.17, 15) is 0 Å². The molecule has 8 nitrogen and oxygen atoms in total. The van der Waals surface area contributed by atoms with Gasteiger partial charge in [0.15, 0.2) is 0 Å². The molecule has 106 valence electrons. The second-order valence-corrected chi connectivity index (χ2v) is 5.12. The number of aromatic nitrogens is 2. The molecule has 3 heterocycles. The summed E-state index contributed by atoms with van der Waals surface area (Å²) in [4.78, 5) is 4.34. The van der Waals surface area contributed by atoms with Crippen LogP contribution in [-0.4, -0.2) is 35.0 Å². The Morgan fingerprint density at radius 1 is 1.58 bits per heavy atom. The van der Waals surface area contributed by atoms with E-state index >= 15 is 0 Å². The fraction of sp³-hybridized carbons (Fsp3) is 0.700. The van der Waals surface area contributed by atoms with E-state index < -0.39 is 0 Å². The standard InChI is InChI=1S/C10H19N6O2P/c11-5-1-7(18-6(5)2-17-19)16-4-15-8-9(12)13-3-14-10(8)16/h4-7,9,13-14H,1-3,11-12,19H2/t5?,6-,7-,9?/m1/s1. The summed E-state index contributed by atoms with van der Waals surface area (Å²) in [6, 6.07) is -0.0426. The van der Waals surface area contributed by atoms with Crippen LogP contribution in [0.1, 0.15) is 24.5 Å². The van der Waals surface area contributed by atoms with E-state index in [1.807, 2.05) is 4.57 Å². The first kappa shape index (κ1) is 13.2. The number of nitrogens with two attached hydrogens (primary N) is 2. The zero-order chi connectivity index (χ0) is 13.4. The van der Waals surface area contributed by atoms with E-state index in [0.29, 0.717) is 13.3 Å². The lowest BCUT2D eigenvalue weighted by atomic mass is 10.1. The third kappa shape index (κ3) is 2.35. The number of ether oxygens (including phenoxy) is 1. The monoisotopic (exact) mass is 286 g/mol. The molecule has 3 rings (SSSR count). The van der Waals surface area contributed by atoms with Gasteiger partial charge in [-0.1, -0.05) is 0 Å². The van der Waals surface area contributed by atoms with Crippen LogP contribution in [0.3, 0.4) is 0 Å². The number of nitrogens with one attached hydrogen (secondary N) is 2. The third-order valence-electron chi connectivity index (χ3n) is 3.55. The van der Waals surface area contributed by atoms with Gasteiger partial charge >= 0.3 is 0 Å². The van der Waals surface area contributed by atoms with Crippen LogP contribution < -0.4 is 22.1 Å². The molecule has 0 spiro atoms. The van der Waals surface area contributed by atoms with Crippen molar-refractivity contribution in [3.63, 3.8) is 0 Å². The average molecular weight is 286 g/mol. The Labute approximate surface area is 113 Å². The van der Waals surface area contributed by atoms with Crippen molar-refractivity contribution in [2.75, 3.05) is 18.6 Å². The maximum absolute atomic E-state index is 6.06. The summed E-state index contributed by atoms with van der Waals surface area (Å²) in [7, 11) is 2.22. The molecule has 0 bridgehead atoms. The van der Waals surface area contributed by atoms with Gasteiger partial charge in [0.1, 0.15) is 23.9 Å². The van der Waals surface area contributed by atoms with E-state index in [-0.39, 0.29) is 24.5 Å². The number of fused-ring (bicyclic) bond motifs is 1. The highest BCUT2D eigenvalue weighted by molar-refractivity contribution is 7.09. The molecule has 1 fully saturated rings. The first-order chi connectivity index (χ1) is 9.20. The van der Waals surface area contributed by atoms with Crippen LogP contribution in [-0.2, 0) is 9.26 Å². The minimum atomic E-state index is -0.251. The molecule has 0 radical (unpaired) electrons. The molecule has 19 heavy (non-hydrogen) atoms. The summed E-state index contributed by atoms with van der Waals surface area (Å²) in [6.45, 7) is 1.07. The molecule has 3 unspecified atom stereocenters. The summed E-state index contributed by atoms with van der Waals surface area (Å²) in [6.07, 6.45) is 1.99. The highest BCUT2D eigenvalue weighted by Crippen LogP contribution is 2.33. The van der Waals surface area contributed by atoms with Crippen molar-refractivity contribution in [2.45, 2.75) is 31.0 Å². The van der Waals surface area contributed by atoms with Gasteiger partial charge in [-0.05, 0) is 0 Å². The third-order valence-corrected chi connectivity index (χ3v) is 3.74. The topological polar surface area (TPSA) is 112 Å². The van der Waals surface area contributed by atoms with Crippen LogP contribution in [0, 0.1) is 0 Å². The molecule has 1 saturated heterocycles. The molecule has 0 amide bonds. The van der Waals surface area contributed by atoms with Gasteiger partial charge < -0.3 is 26.0 Å². The van der Waals surface area contributed by atoms with Gasteiger partial charge in [-0.15, -0.1) is 0 Å². The van der Waals surface area contributed by atoms with Crippen LogP contribution in [0.2, 0.25) is 0 Å². The maximum Gasteiger partial charge on any atom is 0.138 e. The zero-order valence-corrected chi connectivity index (χ0v) is 11.6. The number of imidazole rings is 1. The van der Waals surface area contributed by atoms with Crippen molar-refractivity contribution in [1.82, 2.24) is 14.9 Å². The first-order valence-corrected chi connectivity index (χ1v) is 6.70. The highest BCUT2D eigenvalue weighted by atomic mass is 31.0. The Balaban J connectivity index is 1.80. The Morgan fingerprint density at radius 2 is 2.42 bits per heavy atom. The van der Waals surface area contributed by atoms with E-state index in [4.69, 9.17) is 20.7 Å². The smallest absolute Gasteiger partial charge is 0.138 e. The van der Waals surface area contributed by atoms with Crippen molar-refractivity contribution >= 4 is 15.3 Å². The van der Waals surface area contributed by atoms with Crippen molar-refractivity contribution in [3.8, 4) is 0 Å². The van der Waals surface area contributed by atoms with Crippen LogP contribution in [0.15, 0.2) is 6.33 Å². The predicted molar refractivity (Wildman–Crippen MR) is 72.9 cm³/mol. The second-order valence-electron chi connectivity index (χ2n) is 4.78. The van der Waals surface area contributed by atoms with E-state index in [2.05, 4.69) is 25.1 Å². The van der Waals surface area contributed by atoms with Crippen molar-refractivity contribution < 1.29 is 9.26 Å². The van der Waals surface area contributed by atoms with E-state index in [1.165, 1.54) is 0 Å².